The molecule has 0 aliphatic carbocycles. The maximum absolute atomic E-state index is 12.4. The van der Waals surface area contributed by atoms with Gasteiger partial charge in [-0.15, -0.1) is 0 Å². The van der Waals surface area contributed by atoms with Crippen LogP contribution in [0.3, 0.4) is 0 Å². The lowest BCUT2D eigenvalue weighted by Crippen LogP contribution is -2.53. The minimum absolute atomic E-state index is 0.0729. The molecule has 3 rings (SSSR count). The first kappa shape index (κ1) is 20.6. The van der Waals surface area contributed by atoms with Gasteiger partial charge in [-0.05, 0) is 37.6 Å². The van der Waals surface area contributed by atoms with Crippen LogP contribution in [0.1, 0.15) is 23.7 Å². The Balaban J connectivity index is 1.43. The summed E-state index contributed by atoms with van der Waals surface area (Å²) in [4.78, 5) is 27.9. The number of esters is 1. The predicted octanol–water partition coefficient (Wildman–Crippen LogP) is 0.573. The van der Waals surface area contributed by atoms with Crippen LogP contribution in [0.15, 0.2) is 24.3 Å². The lowest BCUT2D eigenvalue weighted by Gasteiger charge is -2.37. The van der Waals surface area contributed by atoms with E-state index in [-0.39, 0.29) is 30.1 Å². The molecule has 1 atom stereocenters. The molecule has 2 fully saturated rings. The van der Waals surface area contributed by atoms with Gasteiger partial charge in [-0.25, -0.2) is 13.2 Å². The van der Waals surface area contributed by atoms with Crippen LogP contribution in [0.2, 0.25) is 0 Å². The summed E-state index contributed by atoms with van der Waals surface area (Å²) in [5.74, 6) is 0.508. The van der Waals surface area contributed by atoms with Crippen LogP contribution in [0.4, 0.5) is 0 Å². The molecule has 1 amide bonds. The highest BCUT2D eigenvalue weighted by molar-refractivity contribution is 7.91. The summed E-state index contributed by atoms with van der Waals surface area (Å²) in [6, 6.07) is 6.56. The van der Waals surface area contributed by atoms with Gasteiger partial charge in [-0.1, -0.05) is 0 Å². The zero-order valence-corrected chi connectivity index (χ0v) is 16.8. The average Bonchev–Trinajstić information content (AvgIpc) is 3.06. The molecule has 154 valence electrons. The molecule has 0 saturated carbocycles. The summed E-state index contributed by atoms with van der Waals surface area (Å²) in [6.07, 6.45) is 0.682. The van der Waals surface area contributed by atoms with Crippen LogP contribution >= 0.6 is 0 Å². The van der Waals surface area contributed by atoms with Gasteiger partial charge in [0.05, 0.1) is 23.7 Å². The van der Waals surface area contributed by atoms with Crippen molar-refractivity contribution in [3.05, 3.63) is 29.8 Å². The minimum Gasteiger partial charge on any atom is -0.484 e. The van der Waals surface area contributed by atoms with Gasteiger partial charge in [0.15, 0.2) is 16.4 Å². The number of carbonyl (C=O) groups is 2. The first-order valence-electron chi connectivity index (χ1n) is 9.50. The maximum Gasteiger partial charge on any atom is 0.338 e. The van der Waals surface area contributed by atoms with E-state index in [0.717, 1.165) is 0 Å². The molecule has 0 N–H and O–H groups in total. The SMILES string of the molecule is CCOC(=O)c1ccc(OCC(=O)N2CCN([C@H]3CCS(=O)(=O)C3)CC2)cc1. The number of hydrogen-bond donors (Lipinski definition) is 0. The molecule has 1 aromatic carbocycles. The third-order valence-electron chi connectivity index (χ3n) is 5.12. The number of sulfone groups is 1. The second kappa shape index (κ2) is 8.91. The van der Waals surface area contributed by atoms with Crippen molar-refractivity contribution in [2.24, 2.45) is 0 Å². The van der Waals surface area contributed by atoms with Crippen LogP contribution in [-0.2, 0) is 19.4 Å². The molecule has 2 aliphatic heterocycles. The summed E-state index contributed by atoms with van der Waals surface area (Å²) in [5, 5.41) is 0. The zero-order chi connectivity index (χ0) is 20.1. The highest BCUT2D eigenvalue weighted by Gasteiger charge is 2.34. The Bertz CT molecular complexity index is 800. The van der Waals surface area contributed by atoms with Crippen molar-refractivity contribution in [1.29, 1.82) is 0 Å². The van der Waals surface area contributed by atoms with Crippen molar-refractivity contribution >= 4 is 21.7 Å². The van der Waals surface area contributed by atoms with Gasteiger partial charge in [0.2, 0.25) is 0 Å². The maximum atomic E-state index is 12.4. The summed E-state index contributed by atoms with van der Waals surface area (Å²) < 4.78 is 33.7. The molecule has 8 nitrogen and oxygen atoms in total. The van der Waals surface area contributed by atoms with E-state index in [4.69, 9.17) is 9.47 Å². The third-order valence-corrected chi connectivity index (χ3v) is 6.87. The Morgan fingerprint density at radius 2 is 1.79 bits per heavy atom. The van der Waals surface area contributed by atoms with Crippen LogP contribution in [0.25, 0.3) is 0 Å². The Labute approximate surface area is 165 Å². The molecular weight excluding hydrogens is 384 g/mol. The first-order valence-corrected chi connectivity index (χ1v) is 11.3. The van der Waals surface area contributed by atoms with E-state index < -0.39 is 15.8 Å². The fourth-order valence-corrected chi connectivity index (χ4v) is 5.30. The molecule has 0 unspecified atom stereocenters. The van der Waals surface area contributed by atoms with E-state index in [1.165, 1.54) is 0 Å². The highest BCUT2D eigenvalue weighted by Crippen LogP contribution is 2.19. The molecule has 9 heteroatoms. The second-order valence-corrected chi connectivity index (χ2v) is 9.24. The largest absolute Gasteiger partial charge is 0.484 e. The van der Waals surface area contributed by atoms with Gasteiger partial charge < -0.3 is 14.4 Å². The molecule has 1 aromatic rings. The Morgan fingerprint density at radius 3 is 2.36 bits per heavy atom. The Morgan fingerprint density at radius 1 is 1.11 bits per heavy atom. The van der Waals surface area contributed by atoms with Crippen LogP contribution < -0.4 is 4.74 Å². The molecule has 0 bridgehead atoms. The second-order valence-electron chi connectivity index (χ2n) is 7.01. The van der Waals surface area contributed by atoms with E-state index >= 15 is 0 Å². The average molecular weight is 410 g/mol. The topological polar surface area (TPSA) is 93.2 Å². The van der Waals surface area contributed by atoms with Crippen molar-refractivity contribution in [3.63, 3.8) is 0 Å². The van der Waals surface area contributed by atoms with Gasteiger partial charge in [0.1, 0.15) is 5.75 Å². The number of amides is 1. The smallest absolute Gasteiger partial charge is 0.338 e. The molecule has 0 spiro atoms. The molecule has 28 heavy (non-hydrogen) atoms. The standard InChI is InChI=1S/C19H26N2O6S/c1-2-26-19(23)15-3-5-17(6-4-15)27-13-18(22)21-10-8-20(9-11-21)16-7-12-28(24,25)14-16/h3-6,16H,2,7-14H2,1H3/t16-/m0/s1. The minimum atomic E-state index is -2.90. The van der Waals surface area contributed by atoms with E-state index in [2.05, 4.69) is 4.90 Å². The zero-order valence-electron chi connectivity index (χ0n) is 16.0. The normalized spacial score (nSPS) is 22.0. The quantitative estimate of drug-likeness (QED) is 0.633. The molecule has 0 aromatic heterocycles. The van der Waals surface area contributed by atoms with Crippen LogP contribution in [0.5, 0.6) is 5.75 Å². The van der Waals surface area contributed by atoms with E-state index in [0.29, 0.717) is 50.5 Å². The van der Waals surface area contributed by atoms with Crippen molar-refractivity contribution < 1.29 is 27.5 Å². The Hall–Kier alpha value is -2.13. The first-order chi connectivity index (χ1) is 13.4. The fourth-order valence-electron chi connectivity index (χ4n) is 3.54. The molecule has 2 saturated heterocycles. The van der Waals surface area contributed by atoms with Crippen LogP contribution in [-0.4, -0.2) is 87.0 Å². The summed E-state index contributed by atoms with van der Waals surface area (Å²) >= 11 is 0. The number of carbonyl (C=O) groups excluding carboxylic acids is 2. The van der Waals surface area contributed by atoms with Gasteiger partial charge in [0, 0.05) is 32.2 Å². The number of hydrogen-bond acceptors (Lipinski definition) is 7. The molecular formula is C19H26N2O6S. The lowest BCUT2D eigenvalue weighted by atomic mass is 10.2. The summed E-state index contributed by atoms with van der Waals surface area (Å²) in [5.41, 5.74) is 0.436. The van der Waals surface area contributed by atoms with Crippen molar-refractivity contribution in [3.8, 4) is 5.75 Å². The van der Waals surface area contributed by atoms with Crippen molar-refractivity contribution in [1.82, 2.24) is 9.80 Å². The summed E-state index contributed by atoms with van der Waals surface area (Å²) in [7, 11) is -2.90. The number of piperazine rings is 1. The number of rotatable bonds is 6. The van der Waals surface area contributed by atoms with Gasteiger partial charge in [-0.2, -0.15) is 0 Å². The molecule has 2 heterocycles. The summed E-state index contributed by atoms with van der Waals surface area (Å²) in [6.45, 7) is 4.49. The van der Waals surface area contributed by atoms with Crippen LogP contribution in [0, 0.1) is 0 Å². The van der Waals surface area contributed by atoms with E-state index in [1.54, 1.807) is 36.1 Å². The number of nitrogens with zero attached hydrogens (tertiary/aromatic N) is 2. The van der Waals surface area contributed by atoms with Gasteiger partial charge in [-0.3, -0.25) is 9.69 Å². The number of ether oxygens (including phenoxy) is 2. The molecule has 2 aliphatic rings. The third kappa shape index (κ3) is 5.23. The van der Waals surface area contributed by atoms with Crippen molar-refractivity contribution in [2.75, 3.05) is 50.9 Å². The van der Waals surface area contributed by atoms with Gasteiger partial charge in [0.25, 0.3) is 5.91 Å². The van der Waals surface area contributed by atoms with Gasteiger partial charge >= 0.3 is 5.97 Å². The van der Waals surface area contributed by atoms with Crippen molar-refractivity contribution in [2.45, 2.75) is 19.4 Å². The Kier molecular flexibility index (Phi) is 6.56. The monoisotopic (exact) mass is 410 g/mol. The lowest BCUT2D eigenvalue weighted by molar-refractivity contribution is -0.135. The molecule has 0 radical (unpaired) electrons. The number of benzene rings is 1. The predicted molar refractivity (Wildman–Crippen MR) is 103 cm³/mol. The highest BCUT2D eigenvalue weighted by atomic mass is 32.2. The van der Waals surface area contributed by atoms with E-state index in [9.17, 15) is 18.0 Å². The van der Waals surface area contributed by atoms with E-state index in [1.807, 2.05) is 0 Å². The fraction of sp³-hybridized carbons (Fsp3) is 0.579.